The minimum absolute atomic E-state index is 0.192. The topological polar surface area (TPSA) is 70.4 Å². The fraction of sp³-hybridized carbons (Fsp3) is 0.150. The Morgan fingerprint density at radius 3 is 2.80 bits per heavy atom. The molecule has 25 heavy (non-hydrogen) atoms. The highest BCUT2D eigenvalue weighted by Gasteiger charge is 2.36. The van der Waals surface area contributed by atoms with Crippen LogP contribution in [0.1, 0.15) is 16.7 Å². The number of amides is 2. The first-order valence-electron chi connectivity index (χ1n) is 7.89. The molecule has 0 aliphatic carbocycles. The summed E-state index contributed by atoms with van der Waals surface area (Å²) in [7, 11) is 0. The summed E-state index contributed by atoms with van der Waals surface area (Å²) in [6.07, 6.45) is 2.85. The van der Waals surface area contributed by atoms with Gasteiger partial charge in [-0.2, -0.15) is 5.26 Å². The predicted molar refractivity (Wildman–Crippen MR) is 92.3 cm³/mol. The monoisotopic (exact) mass is 332 g/mol. The van der Waals surface area contributed by atoms with Crippen molar-refractivity contribution in [3.05, 3.63) is 77.4 Å². The van der Waals surface area contributed by atoms with Crippen LogP contribution >= 0.6 is 0 Å². The average Bonchev–Trinajstić information content (AvgIpc) is 3.01. The van der Waals surface area contributed by atoms with E-state index in [2.05, 4.69) is 0 Å². The molecule has 1 fully saturated rings. The van der Waals surface area contributed by atoms with Crippen LogP contribution in [0.25, 0.3) is 6.08 Å². The molecule has 0 radical (unpaired) electrons. The van der Waals surface area contributed by atoms with Gasteiger partial charge in [0.2, 0.25) is 0 Å². The van der Waals surface area contributed by atoms with E-state index < -0.39 is 12.0 Å². The van der Waals surface area contributed by atoms with E-state index in [1.54, 1.807) is 30.3 Å². The molecule has 1 aliphatic heterocycles. The number of benzene rings is 2. The first-order chi connectivity index (χ1) is 12.2. The van der Waals surface area contributed by atoms with Gasteiger partial charge in [-0.1, -0.05) is 42.5 Å². The van der Waals surface area contributed by atoms with Crippen LogP contribution in [-0.2, 0) is 16.0 Å². The Balaban J connectivity index is 1.73. The van der Waals surface area contributed by atoms with E-state index in [4.69, 9.17) is 10.00 Å². The fourth-order valence-corrected chi connectivity index (χ4v) is 2.73. The highest BCUT2D eigenvalue weighted by atomic mass is 16.6. The Kier molecular flexibility index (Phi) is 4.91. The Labute approximate surface area is 145 Å². The van der Waals surface area contributed by atoms with Gasteiger partial charge in [-0.05, 0) is 35.8 Å². The van der Waals surface area contributed by atoms with Crippen molar-refractivity contribution in [1.29, 1.82) is 5.26 Å². The molecule has 1 atom stereocenters. The zero-order valence-corrected chi connectivity index (χ0v) is 13.5. The molecule has 5 nitrogen and oxygen atoms in total. The van der Waals surface area contributed by atoms with E-state index in [0.717, 1.165) is 16.0 Å². The van der Waals surface area contributed by atoms with E-state index in [9.17, 15) is 9.59 Å². The normalized spacial score (nSPS) is 16.7. The number of hydrogen-bond acceptors (Lipinski definition) is 4. The lowest BCUT2D eigenvalue weighted by Crippen LogP contribution is -2.39. The van der Waals surface area contributed by atoms with Crippen molar-refractivity contribution < 1.29 is 14.3 Å². The number of carbonyl (C=O) groups excluding carboxylic acids is 2. The van der Waals surface area contributed by atoms with Crippen LogP contribution in [0.2, 0.25) is 0 Å². The summed E-state index contributed by atoms with van der Waals surface area (Å²) < 4.78 is 5.05. The quantitative estimate of drug-likeness (QED) is 0.806. The van der Waals surface area contributed by atoms with Gasteiger partial charge in [0.1, 0.15) is 6.61 Å². The van der Waals surface area contributed by atoms with Crippen molar-refractivity contribution >= 4 is 18.1 Å². The van der Waals surface area contributed by atoms with Crippen LogP contribution in [0.15, 0.2) is 60.7 Å². The minimum Gasteiger partial charge on any atom is -0.447 e. The van der Waals surface area contributed by atoms with Gasteiger partial charge in [-0.15, -0.1) is 0 Å². The number of imide groups is 1. The predicted octanol–water partition coefficient (Wildman–Crippen LogP) is 3.16. The highest BCUT2D eigenvalue weighted by Crippen LogP contribution is 2.18. The Hall–Kier alpha value is -3.39. The van der Waals surface area contributed by atoms with Crippen molar-refractivity contribution in [3.63, 3.8) is 0 Å². The number of hydrogen-bond donors (Lipinski definition) is 0. The zero-order chi connectivity index (χ0) is 17.6. The lowest BCUT2D eigenvalue weighted by Gasteiger charge is -2.18. The van der Waals surface area contributed by atoms with Gasteiger partial charge >= 0.3 is 6.09 Å². The maximum atomic E-state index is 12.5. The molecule has 1 aliphatic rings. The first-order valence-corrected chi connectivity index (χ1v) is 7.89. The van der Waals surface area contributed by atoms with E-state index in [1.807, 2.05) is 36.4 Å². The standard InChI is InChI=1S/C20H16N2O3/c21-13-17-8-4-7-16(11-17)9-10-19(23)22-18(14-25-20(22)24)12-15-5-2-1-3-6-15/h1-11,18H,12,14H2. The summed E-state index contributed by atoms with van der Waals surface area (Å²) in [6, 6.07) is 18.3. The van der Waals surface area contributed by atoms with Crippen LogP contribution < -0.4 is 0 Å². The number of carbonyl (C=O) groups is 2. The van der Waals surface area contributed by atoms with Crippen molar-refractivity contribution in [2.75, 3.05) is 6.61 Å². The first kappa shape index (κ1) is 16.5. The maximum absolute atomic E-state index is 12.5. The maximum Gasteiger partial charge on any atom is 0.417 e. The third-order valence-electron chi connectivity index (χ3n) is 3.95. The molecular formula is C20H16N2O3. The van der Waals surface area contributed by atoms with Crippen LogP contribution in [-0.4, -0.2) is 29.5 Å². The molecule has 2 aromatic rings. The Bertz CT molecular complexity index is 853. The number of ether oxygens (including phenoxy) is 1. The number of rotatable bonds is 4. The van der Waals surface area contributed by atoms with Gasteiger partial charge in [0.05, 0.1) is 17.7 Å². The molecule has 0 bridgehead atoms. The Morgan fingerprint density at radius 1 is 1.24 bits per heavy atom. The second-order valence-electron chi connectivity index (χ2n) is 5.70. The molecule has 2 aromatic carbocycles. The molecule has 1 unspecified atom stereocenters. The lowest BCUT2D eigenvalue weighted by atomic mass is 10.1. The largest absolute Gasteiger partial charge is 0.447 e. The molecule has 1 saturated heterocycles. The SMILES string of the molecule is N#Cc1cccc(C=CC(=O)N2C(=O)OCC2Cc2ccccc2)c1. The average molecular weight is 332 g/mol. The summed E-state index contributed by atoms with van der Waals surface area (Å²) in [4.78, 5) is 25.5. The minimum atomic E-state index is -0.624. The van der Waals surface area contributed by atoms with Crippen molar-refractivity contribution in [2.24, 2.45) is 0 Å². The van der Waals surface area contributed by atoms with Crippen molar-refractivity contribution in [1.82, 2.24) is 4.90 Å². The molecule has 0 spiro atoms. The van der Waals surface area contributed by atoms with Crippen LogP contribution in [0.5, 0.6) is 0 Å². The molecule has 0 aromatic heterocycles. The second-order valence-corrected chi connectivity index (χ2v) is 5.70. The summed E-state index contributed by atoms with van der Waals surface area (Å²) in [5.74, 6) is -0.425. The molecule has 0 N–H and O–H groups in total. The van der Waals surface area contributed by atoms with Crippen LogP contribution in [0.3, 0.4) is 0 Å². The van der Waals surface area contributed by atoms with E-state index in [-0.39, 0.29) is 12.6 Å². The van der Waals surface area contributed by atoms with E-state index >= 15 is 0 Å². The fourth-order valence-electron chi connectivity index (χ4n) is 2.73. The highest BCUT2D eigenvalue weighted by molar-refractivity contribution is 6.02. The molecule has 1 heterocycles. The summed E-state index contributed by atoms with van der Waals surface area (Å²) in [5.41, 5.74) is 2.27. The molecule has 2 amide bonds. The summed E-state index contributed by atoms with van der Waals surface area (Å²) in [5, 5.41) is 8.91. The smallest absolute Gasteiger partial charge is 0.417 e. The van der Waals surface area contributed by atoms with Crippen LogP contribution in [0, 0.1) is 11.3 Å². The number of cyclic esters (lactones) is 1. The van der Waals surface area contributed by atoms with Gasteiger partial charge in [0.15, 0.2) is 0 Å². The molecular weight excluding hydrogens is 316 g/mol. The summed E-state index contributed by atoms with van der Waals surface area (Å²) in [6.45, 7) is 0.192. The van der Waals surface area contributed by atoms with Gasteiger partial charge in [-0.25, -0.2) is 9.69 Å². The van der Waals surface area contributed by atoms with Gasteiger partial charge in [0.25, 0.3) is 5.91 Å². The second kappa shape index (κ2) is 7.45. The molecule has 5 heteroatoms. The lowest BCUT2D eigenvalue weighted by molar-refractivity contribution is -0.124. The molecule has 3 rings (SSSR count). The van der Waals surface area contributed by atoms with E-state index in [1.165, 1.54) is 6.08 Å². The van der Waals surface area contributed by atoms with Crippen molar-refractivity contribution in [2.45, 2.75) is 12.5 Å². The Morgan fingerprint density at radius 2 is 2.04 bits per heavy atom. The van der Waals surface area contributed by atoms with E-state index in [0.29, 0.717) is 12.0 Å². The molecule has 124 valence electrons. The summed E-state index contributed by atoms with van der Waals surface area (Å²) >= 11 is 0. The zero-order valence-electron chi connectivity index (χ0n) is 13.5. The number of nitrogens with zero attached hydrogens (tertiary/aromatic N) is 2. The van der Waals surface area contributed by atoms with Crippen LogP contribution in [0.4, 0.5) is 4.79 Å². The third-order valence-corrected chi connectivity index (χ3v) is 3.95. The van der Waals surface area contributed by atoms with Gasteiger partial charge in [-0.3, -0.25) is 4.79 Å². The molecule has 0 saturated carbocycles. The van der Waals surface area contributed by atoms with Gasteiger partial charge < -0.3 is 4.74 Å². The van der Waals surface area contributed by atoms with Crippen molar-refractivity contribution in [3.8, 4) is 6.07 Å². The van der Waals surface area contributed by atoms with Gasteiger partial charge in [0, 0.05) is 6.08 Å². The number of nitriles is 1. The third kappa shape index (κ3) is 3.93.